The summed E-state index contributed by atoms with van der Waals surface area (Å²) in [6.45, 7) is 3.14. The van der Waals surface area contributed by atoms with E-state index in [2.05, 4.69) is 5.10 Å². The fourth-order valence-corrected chi connectivity index (χ4v) is 4.04. The van der Waals surface area contributed by atoms with Gasteiger partial charge in [0.05, 0.1) is 29.8 Å². The number of carbonyl (C=O) groups excluding carboxylic acids is 2. The summed E-state index contributed by atoms with van der Waals surface area (Å²) >= 11 is 0. The third-order valence-corrected chi connectivity index (χ3v) is 5.46. The van der Waals surface area contributed by atoms with Crippen LogP contribution in [0.5, 0.6) is 0 Å². The van der Waals surface area contributed by atoms with Crippen LogP contribution in [0.4, 0.5) is 5.69 Å². The van der Waals surface area contributed by atoms with E-state index in [0.29, 0.717) is 32.8 Å². The molecule has 1 spiro atoms. The standard InChI is InChI=1S/C16H22N4O3/c1-18-9-13(8-17-18)20-6-4-16(15(20)22)3-5-19(11-16)14(21)12-2-7-23-10-12/h8-9,12H,2-7,10-11H2,1H3/t12-,16+/m0/s1. The van der Waals surface area contributed by atoms with Crippen molar-refractivity contribution in [2.45, 2.75) is 19.3 Å². The van der Waals surface area contributed by atoms with Crippen molar-refractivity contribution in [3.63, 3.8) is 0 Å². The molecule has 3 fully saturated rings. The van der Waals surface area contributed by atoms with Crippen molar-refractivity contribution < 1.29 is 14.3 Å². The summed E-state index contributed by atoms with van der Waals surface area (Å²) in [6.07, 6.45) is 5.97. The van der Waals surface area contributed by atoms with E-state index in [-0.39, 0.29) is 17.7 Å². The highest BCUT2D eigenvalue weighted by Crippen LogP contribution is 2.42. The molecule has 0 aromatic carbocycles. The van der Waals surface area contributed by atoms with Crippen LogP contribution in [0.25, 0.3) is 0 Å². The fraction of sp³-hybridized carbons (Fsp3) is 0.688. The van der Waals surface area contributed by atoms with Crippen LogP contribution in [-0.2, 0) is 21.4 Å². The summed E-state index contributed by atoms with van der Waals surface area (Å²) in [5.41, 5.74) is 0.452. The minimum Gasteiger partial charge on any atom is -0.381 e. The lowest BCUT2D eigenvalue weighted by atomic mass is 9.85. The number of ether oxygens (including phenoxy) is 1. The highest BCUT2D eigenvalue weighted by Gasteiger charge is 2.52. The maximum atomic E-state index is 13.0. The minimum absolute atomic E-state index is 0.0175. The number of nitrogens with zero attached hydrogens (tertiary/aromatic N) is 4. The number of aromatic nitrogens is 2. The molecule has 1 aromatic rings. The molecule has 0 radical (unpaired) electrons. The molecule has 3 saturated heterocycles. The largest absolute Gasteiger partial charge is 0.381 e. The molecule has 0 unspecified atom stereocenters. The number of carbonyl (C=O) groups is 2. The van der Waals surface area contributed by atoms with E-state index in [1.165, 1.54) is 0 Å². The van der Waals surface area contributed by atoms with E-state index >= 15 is 0 Å². The Bertz CT molecular complexity index is 637. The van der Waals surface area contributed by atoms with Gasteiger partial charge in [-0.15, -0.1) is 0 Å². The zero-order chi connectivity index (χ0) is 16.0. The van der Waals surface area contributed by atoms with Crippen molar-refractivity contribution in [3.05, 3.63) is 12.4 Å². The molecular weight excluding hydrogens is 296 g/mol. The Morgan fingerprint density at radius 3 is 2.91 bits per heavy atom. The number of likely N-dealkylation sites (tertiary alicyclic amines) is 1. The van der Waals surface area contributed by atoms with Gasteiger partial charge in [0.25, 0.3) is 0 Å². The van der Waals surface area contributed by atoms with Crippen LogP contribution in [0, 0.1) is 11.3 Å². The summed E-state index contributed by atoms with van der Waals surface area (Å²) in [5.74, 6) is 0.284. The van der Waals surface area contributed by atoms with E-state index in [4.69, 9.17) is 4.74 Å². The van der Waals surface area contributed by atoms with Gasteiger partial charge in [0.1, 0.15) is 0 Å². The number of anilines is 1. The van der Waals surface area contributed by atoms with Crippen LogP contribution >= 0.6 is 0 Å². The Kier molecular flexibility index (Phi) is 3.41. The lowest BCUT2D eigenvalue weighted by Crippen LogP contribution is -2.40. The van der Waals surface area contributed by atoms with Crippen LogP contribution < -0.4 is 4.90 Å². The van der Waals surface area contributed by atoms with Crippen LogP contribution in [0.1, 0.15) is 19.3 Å². The monoisotopic (exact) mass is 318 g/mol. The van der Waals surface area contributed by atoms with Gasteiger partial charge in [0, 0.05) is 39.5 Å². The van der Waals surface area contributed by atoms with E-state index in [9.17, 15) is 9.59 Å². The summed E-state index contributed by atoms with van der Waals surface area (Å²) in [7, 11) is 1.85. The smallest absolute Gasteiger partial charge is 0.235 e. The SMILES string of the molecule is Cn1cc(N2CC[C@@]3(CCN(C(=O)[C@H]4CCOC4)C3)C2=O)cn1. The zero-order valence-electron chi connectivity index (χ0n) is 13.4. The Hall–Kier alpha value is -1.89. The Morgan fingerprint density at radius 2 is 2.22 bits per heavy atom. The van der Waals surface area contributed by atoms with Gasteiger partial charge in [0.15, 0.2) is 0 Å². The van der Waals surface area contributed by atoms with E-state index in [0.717, 1.165) is 24.9 Å². The first-order chi connectivity index (χ1) is 11.1. The second-order valence-corrected chi connectivity index (χ2v) is 6.93. The molecule has 0 bridgehead atoms. The molecule has 2 atom stereocenters. The Labute approximate surface area is 135 Å². The molecule has 0 aliphatic carbocycles. The van der Waals surface area contributed by atoms with Crippen LogP contribution in [-0.4, -0.2) is 59.3 Å². The molecular formula is C16H22N4O3. The van der Waals surface area contributed by atoms with Crippen LogP contribution in [0.3, 0.4) is 0 Å². The number of hydrogen-bond acceptors (Lipinski definition) is 4. The van der Waals surface area contributed by atoms with Gasteiger partial charge in [-0.3, -0.25) is 14.3 Å². The summed E-state index contributed by atoms with van der Waals surface area (Å²) < 4.78 is 7.03. The first-order valence-corrected chi connectivity index (χ1v) is 8.26. The summed E-state index contributed by atoms with van der Waals surface area (Å²) in [4.78, 5) is 29.2. The average Bonchev–Trinajstić information content (AvgIpc) is 3.30. The molecule has 23 heavy (non-hydrogen) atoms. The predicted octanol–water partition coefficient (Wildman–Crippen LogP) is 0.412. The van der Waals surface area contributed by atoms with Gasteiger partial charge in [-0.2, -0.15) is 5.10 Å². The van der Waals surface area contributed by atoms with Gasteiger partial charge < -0.3 is 14.5 Å². The highest BCUT2D eigenvalue weighted by atomic mass is 16.5. The molecule has 3 aliphatic heterocycles. The molecule has 4 rings (SSSR count). The van der Waals surface area contributed by atoms with Crippen molar-refractivity contribution in [3.8, 4) is 0 Å². The van der Waals surface area contributed by atoms with E-state index in [1.54, 1.807) is 10.9 Å². The average molecular weight is 318 g/mol. The number of rotatable bonds is 2. The number of hydrogen-bond donors (Lipinski definition) is 0. The second-order valence-electron chi connectivity index (χ2n) is 6.93. The van der Waals surface area contributed by atoms with Crippen molar-refractivity contribution in [1.82, 2.24) is 14.7 Å². The first kappa shape index (κ1) is 14.7. The predicted molar refractivity (Wildman–Crippen MR) is 82.7 cm³/mol. The highest BCUT2D eigenvalue weighted by molar-refractivity contribution is 6.00. The Morgan fingerprint density at radius 1 is 1.39 bits per heavy atom. The van der Waals surface area contributed by atoms with Gasteiger partial charge in [0.2, 0.25) is 11.8 Å². The maximum Gasteiger partial charge on any atom is 0.235 e. The Balaban J connectivity index is 1.47. The van der Waals surface area contributed by atoms with Crippen LogP contribution in [0.2, 0.25) is 0 Å². The lowest BCUT2D eigenvalue weighted by molar-refractivity contribution is -0.135. The quantitative estimate of drug-likeness (QED) is 0.792. The third-order valence-electron chi connectivity index (χ3n) is 5.46. The van der Waals surface area contributed by atoms with E-state index in [1.807, 2.05) is 23.0 Å². The van der Waals surface area contributed by atoms with Gasteiger partial charge in [-0.1, -0.05) is 0 Å². The van der Waals surface area contributed by atoms with Crippen molar-refractivity contribution in [1.29, 1.82) is 0 Å². The van der Waals surface area contributed by atoms with Crippen molar-refractivity contribution in [2.75, 3.05) is 37.7 Å². The number of amides is 2. The van der Waals surface area contributed by atoms with Gasteiger partial charge >= 0.3 is 0 Å². The molecule has 2 amide bonds. The minimum atomic E-state index is -0.398. The summed E-state index contributed by atoms with van der Waals surface area (Å²) in [6, 6.07) is 0. The molecule has 1 aromatic heterocycles. The third kappa shape index (κ3) is 2.34. The first-order valence-electron chi connectivity index (χ1n) is 8.26. The van der Waals surface area contributed by atoms with E-state index < -0.39 is 5.41 Å². The molecule has 0 N–H and O–H groups in total. The lowest BCUT2D eigenvalue weighted by Gasteiger charge is -2.24. The van der Waals surface area contributed by atoms with Crippen molar-refractivity contribution in [2.24, 2.45) is 18.4 Å². The number of aryl methyl sites for hydroxylation is 1. The van der Waals surface area contributed by atoms with Crippen LogP contribution in [0.15, 0.2) is 12.4 Å². The molecule has 124 valence electrons. The molecule has 0 saturated carbocycles. The van der Waals surface area contributed by atoms with Gasteiger partial charge in [-0.05, 0) is 19.3 Å². The fourth-order valence-electron chi connectivity index (χ4n) is 4.04. The molecule has 7 heteroatoms. The molecule has 4 heterocycles. The summed E-state index contributed by atoms with van der Waals surface area (Å²) in [5, 5.41) is 4.15. The van der Waals surface area contributed by atoms with Gasteiger partial charge in [-0.25, -0.2) is 0 Å². The zero-order valence-corrected chi connectivity index (χ0v) is 13.4. The molecule has 7 nitrogen and oxygen atoms in total. The normalized spacial score (nSPS) is 30.8. The second kappa shape index (κ2) is 5.33. The van der Waals surface area contributed by atoms with Crippen molar-refractivity contribution >= 4 is 17.5 Å². The molecule has 3 aliphatic rings. The maximum absolute atomic E-state index is 13.0. The topological polar surface area (TPSA) is 67.7 Å².